The molecule has 2 aromatic carbocycles. The van der Waals surface area contributed by atoms with E-state index >= 15 is 0 Å². The summed E-state index contributed by atoms with van der Waals surface area (Å²) in [7, 11) is 0.371. The van der Waals surface area contributed by atoms with Gasteiger partial charge in [-0.1, -0.05) is 6.07 Å². The van der Waals surface area contributed by atoms with E-state index in [1.165, 1.54) is 33.4 Å². The van der Waals surface area contributed by atoms with E-state index in [-0.39, 0.29) is 17.2 Å². The molecule has 0 fully saturated rings. The second-order valence-corrected chi connectivity index (χ2v) is 7.50. The second-order valence-electron chi connectivity index (χ2n) is 5.48. The lowest BCUT2D eigenvalue weighted by atomic mass is 10.2. The third-order valence-corrected chi connectivity index (χ3v) is 5.70. The van der Waals surface area contributed by atoms with E-state index in [1.54, 1.807) is 13.0 Å². The SMILES string of the molecule is COc1cc(C)c(S(=O)(=O)N(C)Cc2ccc(F)c(F)c2)cc1OC. The van der Waals surface area contributed by atoms with Crippen LogP contribution in [0, 0.1) is 18.6 Å². The van der Waals surface area contributed by atoms with Crippen molar-refractivity contribution in [3.8, 4) is 11.5 Å². The minimum Gasteiger partial charge on any atom is -0.493 e. The minimum atomic E-state index is -3.87. The van der Waals surface area contributed by atoms with Crippen LogP contribution in [0.25, 0.3) is 0 Å². The Morgan fingerprint density at radius 2 is 1.60 bits per heavy atom. The van der Waals surface area contributed by atoms with Crippen molar-refractivity contribution in [2.75, 3.05) is 21.3 Å². The van der Waals surface area contributed by atoms with Gasteiger partial charge in [0.1, 0.15) is 0 Å². The summed E-state index contributed by atoms with van der Waals surface area (Å²) in [6, 6.07) is 6.23. The van der Waals surface area contributed by atoms with Crippen LogP contribution in [-0.4, -0.2) is 34.0 Å². The van der Waals surface area contributed by atoms with Gasteiger partial charge in [0.05, 0.1) is 19.1 Å². The summed E-state index contributed by atoms with van der Waals surface area (Å²) in [6.45, 7) is 1.54. The van der Waals surface area contributed by atoms with Crippen LogP contribution in [0.1, 0.15) is 11.1 Å². The lowest BCUT2D eigenvalue weighted by Crippen LogP contribution is -2.27. The largest absolute Gasteiger partial charge is 0.493 e. The van der Waals surface area contributed by atoms with Crippen LogP contribution in [0.3, 0.4) is 0 Å². The molecule has 0 amide bonds. The Kier molecular flexibility index (Phi) is 5.64. The smallest absolute Gasteiger partial charge is 0.243 e. The summed E-state index contributed by atoms with van der Waals surface area (Å²) < 4.78 is 63.4. The van der Waals surface area contributed by atoms with E-state index in [2.05, 4.69) is 0 Å². The third-order valence-electron chi connectivity index (χ3n) is 3.76. The molecular weight excluding hydrogens is 352 g/mol. The van der Waals surface area contributed by atoms with Crippen LogP contribution >= 0.6 is 0 Å². The summed E-state index contributed by atoms with van der Waals surface area (Å²) in [5, 5.41) is 0. The first-order valence-electron chi connectivity index (χ1n) is 7.33. The van der Waals surface area contributed by atoms with E-state index < -0.39 is 21.7 Å². The first kappa shape index (κ1) is 19.1. The van der Waals surface area contributed by atoms with E-state index in [1.807, 2.05) is 0 Å². The molecule has 25 heavy (non-hydrogen) atoms. The van der Waals surface area contributed by atoms with Gasteiger partial charge < -0.3 is 9.47 Å². The van der Waals surface area contributed by atoms with Gasteiger partial charge >= 0.3 is 0 Å². The van der Waals surface area contributed by atoms with Gasteiger partial charge in [-0.2, -0.15) is 4.31 Å². The topological polar surface area (TPSA) is 55.8 Å². The van der Waals surface area contributed by atoms with Crippen molar-refractivity contribution in [3.05, 3.63) is 53.1 Å². The van der Waals surface area contributed by atoms with E-state index in [9.17, 15) is 17.2 Å². The molecule has 0 aromatic heterocycles. The molecular formula is C17H19F2NO4S. The van der Waals surface area contributed by atoms with Crippen molar-refractivity contribution in [2.45, 2.75) is 18.4 Å². The predicted molar refractivity (Wildman–Crippen MR) is 89.3 cm³/mol. The highest BCUT2D eigenvalue weighted by molar-refractivity contribution is 7.89. The van der Waals surface area contributed by atoms with Crippen LogP contribution in [0.2, 0.25) is 0 Å². The molecule has 0 bridgehead atoms. The fourth-order valence-corrected chi connectivity index (χ4v) is 3.76. The zero-order chi connectivity index (χ0) is 18.8. The Labute approximate surface area is 145 Å². The van der Waals surface area contributed by atoms with Crippen LogP contribution in [0.4, 0.5) is 8.78 Å². The number of benzene rings is 2. The van der Waals surface area contributed by atoms with Crippen molar-refractivity contribution < 1.29 is 26.7 Å². The molecule has 8 heteroatoms. The van der Waals surface area contributed by atoms with Crippen LogP contribution < -0.4 is 9.47 Å². The molecule has 2 aromatic rings. The van der Waals surface area contributed by atoms with Gasteiger partial charge in [-0.25, -0.2) is 17.2 Å². The van der Waals surface area contributed by atoms with Crippen LogP contribution in [0.5, 0.6) is 11.5 Å². The summed E-state index contributed by atoms with van der Waals surface area (Å²) in [6.07, 6.45) is 0. The first-order chi connectivity index (χ1) is 11.7. The number of ether oxygens (including phenoxy) is 2. The molecule has 0 saturated carbocycles. The van der Waals surface area contributed by atoms with Crippen molar-refractivity contribution >= 4 is 10.0 Å². The van der Waals surface area contributed by atoms with Crippen LogP contribution in [-0.2, 0) is 16.6 Å². The first-order valence-corrected chi connectivity index (χ1v) is 8.77. The zero-order valence-corrected chi connectivity index (χ0v) is 15.2. The Morgan fingerprint density at radius 3 is 2.16 bits per heavy atom. The third kappa shape index (κ3) is 3.91. The van der Waals surface area contributed by atoms with Gasteiger partial charge in [-0.15, -0.1) is 0 Å². The maximum Gasteiger partial charge on any atom is 0.243 e. The second kappa shape index (κ2) is 7.37. The normalized spacial score (nSPS) is 11.6. The van der Waals surface area contributed by atoms with Crippen molar-refractivity contribution in [1.82, 2.24) is 4.31 Å². The molecule has 0 radical (unpaired) electrons. The molecule has 0 aliphatic heterocycles. The Hall–Kier alpha value is -2.19. The van der Waals surface area contributed by atoms with Gasteiger partial charge in [0.2, 0.25) is 10.0 Å². The molecule has 0 atom stereocenters. The van der Waals surface area contributed by atoms with Crippen LogP contribution in [0.15, 0.2) is 35.2 Å². The maximum absolute atomic E-state index is 13.3. The highest BCUT2D eigenvalue weighted by Gasteiger charge is 2.25. The average molecular weight is 371 g/mol. The molecule has 0 aliphatic rings. The zero-order valence-electron chi connectivity index (χ0n) is 14.3. The molecule has 0 N–H and O–H groups in total. The van der Waals surface area contributed by atoms with Gasteiger partial charge in [0.25, 0.3) is 0 Å². The molecule has 0 saturated heterocycles. The summed E-state index contributed by atoms with van der Waals surface area (Å²) in [4.78, 5) is 0.0511. The number of rotatable bonds is 6. The lowest BCUT2D eigenvalue weighted by molar-refractivity contribution is 0.353. The number of methoxy groups -OCH3 is 2. The number of halogens is 2. The molecule has 0 heterocycles. The van der Waals surface area contributed by atoms with Crippen molar-refractivity contribution in [3.63, 3.8) is 0 Å². The molecule has 0 aliphatic carbocycles. The van der Waals surface area contributed by atoms with Crippen molar-refractivity contribution in [2.24, 2.45) is 0 Å². The van der Waals surface area contributed by atoms with Gasteiger partial charge in [0, 0.05) is 19.7 Å². The van der Waals surface area contributed by atoms with Gasteiger partial charge in [-0.3, -0.25) is 0 Å². The maximum atomic E-state index is 13.3. The number of sulfonamides is 1. The van der Waals surface area contributed by atoms with Crippen molar-refractivity contribution in [1.29, 1.82) is 0 Å². The number of nitrogens with zero attached hydrogens (tertiary/aromatic N) is 1. The molecule has 0 unspecified atom stereocenters. The van der Waals surface area contributed by atoms with E-state index in [4.69, 9.17) is 9.47 Å². The minimum absolute atomic E-state index is 0.0511. The highest BCUT2D eigenvalue weighted by Crippen LogP contribution is 2.33. The molecule has 5 nitrogen and oxygen atoms in total. The Morgan fingerprint density at radius 1 is 1.00 bits per heavy atom. The van der Waals surface area contributed by atoms with Gasteiger partial charge in [0.15, 0.2) is 23.1 Å². The lowest BCUT2D eigenvalue weighted by Gasteiger charge is -2.20. The quantitative estimate of drug-likeness (QED) is 0.783. The molecule has 136 valence electrons. The fourth-order valence-electron chi connectivity index (χ4n) is 2.39. The Balaban J connectivity index is 2.38. The number of aryl methyl sites for hydroxylation is 1. The van der Waals surface area contributed by atoms with Gasteiger partial charge in [-0.05, 0) is 36.2 Å². The highest BCUT2D eigenvalue weighted by atomic mass is 32.2. The molecule has 2 rings (SSSR count). The van der Waals surface area contributed by atoms with E-state index in [0.717, 1.165) is 16.4 Å². The number of hydrogen-bond donors (Lipinski definition) is 0. The van der Waals surface area contributed by atoms with E-state index in [0.29, 0.717) is 16.9 Å². The molecule has 0 spiro atoms. The summed E-state index contributed by atoms with van der Waals surface area (Å²) in [5.74, 6) is -1.30. The Bertz CT molecular complexity index is 884. The summed E-state index contributed by atoms with van der Waals surface area (Å²) >= 11 is 0. The predicted octanol–water partition coefficient (Wildman–Crippen LogP) is 3.11. The fraction of sp³-hybridized carbons (Fsp3) is 0.294. The monoisotopic (exact) mass is 371 g/mol. The standard InChI is InChI=1S/C17H19F2NO4S/c1-11-7-15(23-3)16(24-4)9-17(11)25(21,22)20(2)10-12-5-6-13(18)14(19)8-12/h5-9H,10H2,1-4H3. The summed E-state index contributed by atoms with van der Waals surface area (Å²) in [5.41, 5.74) is 0.817. The average Bonchev–Trinajstić information content (AvgIpc) is 2.57. The number of hydrogen-bond acceptors (Lipinski definition) is 4.